The molecule has 1 amide bonds. The third kappa shape index (κ3) is 3.55. The molecule has 5 heteroatoms. The number of rotatable bonds is 4. The van der Waals surface area contributed by atoms with E-state index in [2.05, 4.69) is 26.6 Å². The van der Waals surface area contributed by atoms with E-state index < -0.39 is 0 Å². The molecule has 1 fully saturated rings. The Bertz CT molecular complexity index is 453. The lowest BCUT2D eigenvalue weighted by molar-refractivity contribution is -0.123. The minimum Gasteiger partial charge on any atom is -0.380 e. The van der Waals surface area contributed by atoms with Gasteiger partial charge in [0, 0.05) is 18.1 Å². The van der Waals surface area contributed by atoms with E-state index >= 15 is 0 Å². The second-order valence-electron chi connectivity index (χ2n) is 4.81. The zero-order valence-electron chi connectivity index (χ0n) is 11.2. The molecule has 0 radical (unpaired) electrons. The first-order valence-electron chi connectivity index (χ1n) is 6.42. The van der Waals surface area contributed by atoms with Gasteiger partial charge in [-0.15, -0.1) is 0 Å². The largest absolute Gasteiger partial charge is 0.380 e. The first-order valence-corrected chi connectivity index (χ1v) is 7.22. The van der Waals surface area contributed by atoms with E-state index in [1.54, 1.807) is 7.11 Å². The molecule has 0 spiro atoms. The average molecular weight is 327 g/mol. The van der Waals surface area contributed by atoms with Crippen molar-refractivity contribution in [2.24, 2.45) is 0 Å². The van der Waals surface area contributed by atoms with Gasteiger partial charge in [-0.2, -0.15) is 0 Å². The summed E-state index contributed by atoms with van der Waals surface area (Å²) in [6.07, 6.45) is 0.861. The van der Waals surface area contributed by atoms with Crippen LogP contribution in [0.2, 0.25) is 0 Å². The highest BCUT2D eigenvalue weighted by Crippen LogP contribution is 2.23. The van der Waals surface area contributed by atoms with Gasteiger partial charge in [0.05, 0.1) is 18.2 Å². The quantitative estimate of drug-likeness (QED) is 0.889. The molecule has 19 heavy (non-hydrogen) atoms. The van der Waals surface area contributed by atoms with Gasteiger partial charge >= 0.3 is 0 Å². The van der Waals surface area contributed by atoms with E-state index in [4.69, 9.17) is 4.74 Å². The topological polar surface area (TPSA) is 50.4 Å². The molecular weight excluding hydrogens is 308 g/mol. The molecule has 0 aliphatic carbocycles. The number of halogens is 1. The maximum absolute atomic E-state index is 12.2. The molecule has 1 heterocycles. The Kier molecular flexibility index (Phi) is 4.96. The van der Waals surface area contributed by atoms with Gasteiger partial charge in [-0.1, -0.05) is 34.1 Å². The maximum Gasteiger partial charge on any atom is 0.237 e. The summed E-state index contributed by atoms with van der Waals surface area (Å²) in [6.45, 7) is 2.72. The number of benzene rings is 1. The average Bonchev–Trinajstić information content (AvgIpc) is 2.88. The van der Waals surface area contributed by atoms with Gasteiger partial charge in [0.15, 0.2) is 0 Å². The van der Waals surface area contributed by atoms with E-state index in [1.807, 2.05) is 31.2 Å². The number of carbonyl (C=O) groups is 1. The van der Waals surface area contributed by atoms with Gasteiger partial charge in [-0.05, 0) is 25.0 Å². The summed E-state index contributed by atoms with van der Waals surface area (Å²) >= 11 is 3.50. The molecule has 1 saturated heterocycles. The molecule has 3 unspecified atom stereocenters. The highest BCUT2D eigenvalue weighted by Gasteiger charge is 2.30. The molecule has 0 saturated carbocycles. The monoisotopic (exact) mass is 326 g/mol. The van der Waals surface area contributed by atoms with Crippen LogP contribution in [0.4, 0.5) is 0 Å². The Labute approximate surface area is 122 Å². The molecule has 0 aromatic heterocycles. The van der Waals surface area contributed by atoms with Crippen LogP contribution in [-0.4, -0.2) is 31.7 Å². The predicted molar refractivity (Wildman–Crippen MR) is 77.9 cm³/mol. The van der Waals surface area contributed by atoms with Gasteiger partial charge in [0.25, 0.3) is 0 Å². The van der Waals surface area contributed by atoms with Crippen molar-refractivity contribution in [2.75, 3.05) is 13.7 Å². The van der Waals surface area contributed by atoms with Gasteiger partial charge in [0.1, 0.15) is 0 Å². The second kappa shape index (κ2) is 6.50. The highest BCUT2D eigenvalue weighted by molar-refractivity contribution is 9.10. The first-order chi connectivity index (χ1) is 9.11. The summed E-state index contributed by atoms with van der Waals surface area (Å²) in [4.78, 5) is 12.2. The van der Waals surface area contributed by atoms with E-state index in [0.717, 1.165) is 23.0 Å². The molecule has 0 bridgehead atoms. The number of hydrogen-bond acceptors (Lipinski definition) is 3. The molecule has 1 aliphatic rings. The summed E-state index contributed by atoms with van der Waals surface area (Å²) in [5.41, 5.74) is 1.08. The van der Waals surface area contributed by atoms with Crippen LogP contribution in [0.5, 0.6) is 0 Å². The van der Waals surface area contributed by atoms with Crippen molar-refractivity contribution in [3.05, 3.63) is 34.3 Å². The van der Waals surface area contributed by atoms with Crippen molar-refractivity contribution < 1.29 is 9.53 Å². The Morgan fingerprint density at radius 3 is 2.89 bits per heavy atom. The lowest BCUT2D eigenvalue weighted by Gasteiger charge is -2.18. The Balaban J connectivity index is 1.94. The molecule has 2 N–H and O–H groups in total. The SMILES string of the molecule is COC1CNC(C(=O)NC(C)c2ccccc2Br)C1. The van der Waals surface area contributed by atoms with Crippen molar-refractivity contribution in [3.8, 4) is 0 Å². The molecular formula is C14H19BrN2O2. The van der Waals surface area contributed by atoms with Gasteiger partial charge in [0.2, 0.25) is 5.91 Å². The third-order valence-corrected chi connectivity index (χ3v) is 4.19. The fourth-order valence-electron chi connectivity index (χ4n) is 2.30. The van der Waals surface area contributed by atoms with Gasteiger partial charge in [-0.3, -0.25) is 4.79 Å². The van der Waals surface area contributed by atoms with Crippen LogP contribution in [-0.2, 0) is 9.53 Å². The molecule has 3 atom stereocenters. The van der Waals surface area contributed by atoms with Crippen LogP contribution in [0.25, 0.3) is 0 Å². The van der Waals surface area contributed by atoms with Crippen molar-refractivity contribution in [1.82, 2.24) is 10.6 Å². The Hall–Kier alpha value is -0.910. The summed E-state index contributed by atoms with van der Waals surface area (Å²) in [5.74, 6) is 0.0304. The van der Waals surface area contributed by atoms with Crippen LogP contribution >= 0.6 is 15.9 Å². The fraction of sp³-hybridized carbons (Fsp3) is 0.500. The zero-order valence-corrected chi connectivity index (χ0v) is 12.7. The minimum absolute atomic E-state index is 0.0218. The van der Waals surface area contributed by atoms with Crippen LogP contribution in [0.15, 0.2) is 28.7 Å². The number of carbonyl (C=O) groups excluding carboxylic acids is 1. The third-order valence-electron chi connectivity index (χ3n) is 3.47. The maximum atomic E-state index is 12.2. The van der Waals surface area contributed by atoms with Crippen molar-refractivity contribution >= 4 is 21.8 Å². The van der Waals surface area contributed by atoms with Crippen molar-refractivity contribution in [1.29, 1.82) is 0 Å². The highest BCUT2D eigenvalue weighted by atomic mass is 79.9. The van der Waals surface area contributed by atoms with Gasteiger partial charge in [-0.25, -0.2) is 0 Å². The summed E-state index contributed by atoms with van der Waals surface area (Å²) in [6, 6.07) is 7.74. The minimum atomic E-state index is -0.158. The lowest BCUT2D eigenvalue weighted by Crippen LogP contribution is -2.41. The number of nitrogens with one attached hydrogen (secondary N) is 2. The molecule has 2 rings (SSSR count). The smallest absolute Gasteiger partial charge is 0.237 e. The Morgan fingerprint density at radius 1 is 1.53 bits per heavy atom. The van der Waals surface area contributed by atoms with E-state index in [1.165, 1.54) is 0 Å². The van der Waals surface area contributed by atoms with E-state index in [9.17, 15) is 4.79 Å². The lowest BCUT2D eigenvalue weighted by atomic mass is 10.1. The van der Waals surface area contributed by atoms with Crippen LogP contribution in [0.3, 0.4) is 0 Å². The standard InChI is InChI=1S/C14H19BrN2O2/c1-9(11-5-3-4-6-12(11)15)17-14(18)13-7-10(19-2)8-16-13/h3-6,9-10,13,16H,7-8H2,1-2H3,(H,17,18). The fourth-order valence-corrected chi connectivity index (χ4v) is 2.93. The van der Waals surface area contributed by atoms with E-state index in [-0.39, 0.29) is 24.1 Å². The molecule has 104 valence electrons. The normalized spacial score (nSPS) is 24.2. The second-order valence-corrected chi connectivity index (χ2v) is 5.66. The number of ether oxygens (including phenoxy) is 1. The zero-order chi connectivity index (χ0) is 13.8. The number of methoxy groups -OCH3 is 1. The number of amides is 1. The summed E-state index contributed by atoms with van der Waals surface area (Å²) < 4.78 is 6.26. The molecule has 1 aromatic carbocycles. The Morgan fingerprint density at radius 2 is 2.26 bits per heavy atom. The predicted octanol–water partition coefficient (Wildman–Crippen LogP) is 2.00. The summed E-state index contributed by atoms with van der Waals surface area (Å²) in [7, 11) is 1.68. The van der Waals surface area contributed by atoms with Crippen molar-refractivity contribution in [3.63, 3.8) is 0 Å². The van der Waals surface area contributed by atoms with Crippen LogP contribution < -0.4 is 10.6 Å². The van der Waals surface area contributed by atoms with Crippen LogP contribution in [0, 0.1) is 0 Å². The van der Waals surface area contributed by atoms with E-state index in [0.29, 0.717) is 0 Å². The molecule has 1 aromatic rings. The molecule has 1 aliphatic heterocycles. The molecule has 4 nitrogen and oxygen atoms in total. The first kappa shape index (κ1) is 14.5. The van der Waals surface area contributed by atoms with Crippen molar-refractivity contribution in [2.45, 2.75) is 31.5 Å². The van der Waals surface area contributed by atoms with Crippen LogP contribution in [0.1, 0.15) is 24.9 Å². The summed E-state index contributed by atoms with van der Waals surface area (Å²) in [5, 5.41) is 6.22. The van der Waals surface area contributed by atoms with Gasteiger partial charge < -0.3 is 15.4 Å². The number of hydrogen-bond donors (Lipinski definition) is 2.